The summed E-state index contributed by atoms with van der Waals surface area (Å²) in [5, 5.41) is 4.30. The molecule has 0 amide bonds. The van der Waals surface area contributed by atoms with Crippen LogP contribution < -0.4 is 0 Å². The number of hydrogen-bond acceptors (Lipinski definition) is 2. The fourth-order valence-corrected chi connectivity index (χ4v) is 2.33. The average molecular weight is 348 g/mol. The van der Waals surface area contributed by atoms with Crippen LogP contribution in [-0.4, -0.2) is 14.8 Å². The predicted molar refractivity (Wildman–Crippen MR) is 73.4 cm³/mol. The van der Waals surface area contributed by atoms with E-state index in [4.69, 9.17) is 0 Å². The van der Waals surface area contributed by atoms with Crippen LogP contribution in [0, 0.1) is 20.8 Å². The molecule has 2 heterocycles. The zero-order chi connectivity index (χ0) is 15.2. The molecule has 0 radical (unpaired) electrons. The first-order valence-corrected chi connectivity index (χ1v) is 6.67. The van der Waals surface area contributed by atoms with Crippen molar-refractivity contribution in [1.82, 2.24) is 14.8 Å². The minimum atomic E-state index is -4.39. The zero-order valence-corrected chi connectivity index (χ0v) is 13.0. The van der Waals surface area contributed by atoms with E-state index < -0.39 is 11.7 Å². The number of alkyl halides is 3. The van der Waals surface area contributed by atoms with Gasteiger partial charge in [0.1, 0.15) is 10.3 Å². The van der Waals surface area contributed by atoms with Crippen LogP contribution in [0.5, 0.6) is 0 Å². The molecule has 7 heteroatoms. The highest BCUT2D eigenvalue weighted by Crippen LogP contribution is 2.35. The maximum absolute atomic E-state index is 12.8. The maximum Gasteiger partial charge on any atom is 0.418 e. The molecule has 0 unspecified atom stereocenters. The number of rotatable bonds is 1. The zero-order valence-electron chi connectivity index (χ0n) is 11.4. The van der Waals surface area contributed by atoms with E-state index >= 15 is 0 Å². The van der Waals surface area contributed by atoms with Crippen molar-refractivity contribution in [2.45, 2.75) is 26.9 Å². The second-order valence-corrected chi connectivity index (χ2v) is 5.42. The van der Waals surface area contributed by atoms with E-state index in [9.17, 15) is 13.2 Å². The van der Waals surface area contributed by atoms with Crippen molar-refractivity contribution < 1.29 is 13.2 Å². The molecule has 0 spiro atoms. The summed E-state index contributed by atoms with van der Waals surface area (Å²) in [4.78, 5) is 4.11. The van der Waals surface area contributed by atoms with Crippen LogP contribution in [0.2, 0.25) is 0 Å². The number of aryl methyl sites for hydroxylation is 3. The number of nitrogens with zero attached hydrogens (tertiary/aromatic N) is 3. The number of aromatic nitrogens is 3. The molecule has 2 aromatic heterocycles. The van der Waals surface area contributed by atoms with E-state index in [1.807, 2.05) is 6.92 Å². The Hall–Kier alpha value is -1.37. The van der Waals surface area contributed by atoms with Gasteiger partial charge in [-0.1, -0.05) is 0 Å². The Morgan fingerprint density at radius 1 is 1.15 bits per heavy atom. The van der Waals surface area contributed by atoms with Gasteiger partial charge in [0.2, 0.25) is 0 Å². The quantitative estimate of drug-likeness (QED) is 0.774. The van der Waals surface area contributed by atoms with Crippen molar-refractivity contribution in [2.75, 3.05) is 0 Å². The standard InChI is InChI=1S/C13H13BrF3N3/c1-6-5-9(13(15,16)17)8(3)18-10(6)11-7(2)12(14)20(4)19-11/h5H,1-4H3. The Morgan fingerprint density at radius 3 is 2.20 bits per heavy atom. The van der Waals surface area contributed by atoms with E-state index in [1.165, 1.54) is 6.92 Å². The van der Waals surface area contributed by atoms with E-state index in [1.54, 1.807) is 18.7 Å². The summed E-state index contributed by atoms with van der Waals surface area (Å²) in [5.74, 6) is 0. The fourth-order valence-electron chi connectivity index (χ4n) is 2.07. The maximum atomic E-state index is 12.8. The van der Waals surface area contributed by atoms with E-state index in [0.29, 0.717) is 17.0 Å². The lowest BCUT2D eigenvalue weighted by atomic mass is 10.1. The molecule has 108 valence electrons. The van der Waals surface area contributed by atoms with Gasteiger partial charge in [0, 0.05) is 12.6 Å². The molecule has 0 saturated heterocycles. The number of halogens is 4. The summed E-state index contributed by atoms with van der Waals surface area (Å²) in [6.45, 7) is 4.82. The summed E-state index contributed by atoms with van der Waals surface area (Å²) in [6, 6.07) is 1.12. The van der Waals surface area contributed by atoms with Gasteiger partial charge in [0.25, 0.3) is 0 Å². The highest BCUT2D eigenvalue weighted by molar-refractivity contribution is 9.10. The number of pyridine rings is 1. The van der Waals surface area contributed by atoms with Gasteiger partial charge in [0.05, 0.1) is 17.0 Å². The molecule has 0 aliphatic heterocycles. The van der Waals surface area contributed by atoms with Crippen molar-refractivity contribution >= 4 is 15.9 Å². The normalized spacial score (nSPS) is 12.0. The van der Waals surface area contributed by atoms with E-state index in [2.05, 4.69) is 26.0 Å². The Kier molecular flexibility index (Phi) is 3.66. The molecular weight excluding hydrogens is 335 g/mol. The molecule has 0 aliphatic rings. The van der Waals surface area contributed by atoms with Gasteiger partial charge in [-0.15, -0.1) is 0 Å². The highest BCUT2D eigenvalue weighted by atomic mass is 79.9. The van der Waals surface area contributed by atoms with Crippen molar-refractivity contribution in [2.24, 2.45) is 7.05 Å². The SMILES string of the molecule is Cc1cc(C(F)(F)F)c(C)nc1-c1nn(C)c(Br)c1C. The molecule has 0 N–H and O–H groups in total. The molecular formula is C13H13BrF3N3. The first-order chi connectivity index (χ1) is 9.12. The van der Waals surface area contributed by atoms with Gasteiger partial charge in [-0.05, 0) is 48.3 Å². The van der Waals surface area contributed by atoms with Crippen molar-refractivity contribution in [1.29, 1.82) is 0 Å². The van der Waals surface area contributed by atoms with E-state index in [-0.39, 0.29) is 5.69 Å². The van der Waals surface area contributed by atoms with E-state index in [0.717, 1.165) is 16.2 Å². The first-order valence-electron chi connectivity index (χ1n) is 5.87. The van der Waals surface area contributed by atoms with Crippen LogP contribution in [-0.2, 0) is 13.2 Å². The van der Waals surface area contributed by atoms with Crippen LogP contribution in [0.1, 0.15) is 22.4 Å². The molecule has 0 bridgehead atoms. The van der Waals surface area contributed by atoms with Crippen LogP contribution in [0.3, 0.4) is 0 Å². The van der Waals surface area contributed by atoms with Crippen molar-refractivity contribution in [3.8, 4) is 11.4 Å². The summed E-state index contributed by atoms with van der Waals surface area (Å²) in [5.41, 5.74) is 1.63. The van der Waals surface area contributed by atoms with Gasteiger partial charge < -0.3 is 0 Å². The molecule has 0 aromatic carbocycles. The fraction of sp³-hybridized carbons (Fsp3) is 0.385. The lowest BCUT2D eigenvalue weighted by Crippen LogP contribution is -2.10. The summed E-state index contributed by atoms with van der Waals surface area (Å²) in [6.07, 6.45) is -4.39. The Balaban J connectivity index is 2.65. The lowest BCUT2D eigenvalue weighted by molar-refractivity contribution is -0.138. The molecule has 20 heavy (non-hydrogen) atoms. The summed E-state index contributed by atoms with van der Waals surface area (Å²) in [7, 11) is 1.76. The second kappa shape index (κ2) is 4.87. The summed E-state index contributed by atoms with van der Waals surface area (Å²) >= 11 is 3.38. The number of hydrogen-bond donors (Lipinski definition) is 0. The topological polar surface area (TPSA) is 30.7 Å². The van der Waals surface area contributed by atoms with Crippen LogP contribution >= 0.6 is 15.9 Å². The molecule has 0 atom stereocenters. The van der Waals surface area contributed by atoms with Crippen LogP contribution in [0.4, 0.5) is 13.2 Å². The van der Waals surface area contributed by atoms with Gasteiger partial charge >= 0.3 is 6.18 Å². The molecule has 0 fully saturated rings. The largest absolute Gasteiger partial charge is 0.418 e. The molecule has 2 aromatic rings. The Bertz CT molecular complexity index is 674. The van der Waals surface area contributed by atoms with Crippen LogP contribution in [0.25, 0.3) is 11.4 Å². The van der Waals surface area contributed by atoms with Crippen molar-refractivity contribution in [3.05, 3.63) is 33.1 Å². The highest BCUT2D eigenvalue weighted by Gasteiger charge is 2.34. The van der Waals surface area contributed by atoms with Crippen LogP contribution in [0.15, 0.2) is 10.7 Å². The minimum absolute atomic E-state index is 0.0423. The van der Waals surface area contributed by atoms with Gasteiger partial charge in [0.15, 0.2) is 0 Å². The Morgan fingerprint density at radius 2 is 1.75 bits per heavy atom. The third-order valence-electron chi connectivity index (χ3n) is 3.13. The average Bonchev–Trinajstić information content (AvgIpc) is 2.58. The smallest absolute Gasteiger partial charge is 0.261 e. The van der Waals surface area contributed by atoms with Crippen molar-refractivity contribution in [3.63, 3.8) is 0 Å². The van der Waals surface area contributed by atoms with Gasteiger partial charge in [-0.2, -0.15) is 18.3 Å². The van der Waals surface area contributed by atoms with Gasteiger partial charge in [-0.3, -0.25) is 9.67 Å². The van der Waals surface area contributed by atoms with Gasteiger partial charge in [-0.25, -0.2) is 0 Å². The summed E-state index contributed by atoms with van der Waals surface area (Å²) < 4.78 is 40.9. The molecule has 2 rings (SSSR count). The monoisotopic (exact) mass is 347 g/mol. The minimum Gasteiger partial charge on any atom is -0.261 e. The Labute approximate surface area is 123 Å². The molecule has 0 saturated carbocycles. The predicted octanol–water partition coefficient (Wildman–Crippen LogP) is 4.19. The first kappa shape index (κ1) is 15.0. The molecule has 0 aliphatic carbocycles. The molecule has 3 nitrogen and oxygen atoms in total. The lowest BCUT2D eigenvalue weighted by Gasteiger charge is -2.13. The third kappa shape index (κ3) is 2.46. The third-order valence-corrected chi connectivity index (χ3v) is 4.24. The second-order valence-electron chi connectivity index (χ2n) is 4.67.